The molecule has 5 aliphatic rings. The standard InChI is InChI=1S/C21H29BrN4O/c1-14-7-18(24-15(2)23-14)25-3-5-26(6-4-25)19(27)20-9-16-8-17(10-20)12-21(22,11-16)13-20/h7,16-17H,3-6,8-13H2,1-2H3. The Bertz CT molecular complexity index is 739. The van der Waals surface area contributed by atoms with Gasteiger partial charge in [0.25, 0.3) is 0 Å². The molecule has 0 radical (unpaired) electrons. The average Bonchev–Trinajstić information content (AvgIpc) is 2.58. The summed E-state index contributed by atoms with van der Waals surface area (Å²) in [5.41, 5.74) is 0.921. The van der Waals surface area contributed by atoms with E-state index in [2.05, 4.69) is 41.8 Å². The van der Waals surface area contributed by atoms with Crippen LogP contribution in [-0.2, 0) is 4.79 Å². The molecule has 1 aromatic rings. The summed E-state index contributed by atoms with van der Waals surface area (Å²) < 4.78 is 0.241. The smallest absolute Gasteiger partial charge is 0.228 e. The molecule has 1 aromatic heterocycles. The van der Waals surface area contributed by atoms with Gasteiger partial charge in [-0.1, -0.05) is 15.9 Å². The monoisotopic (exact) mass is 432 g/mol. The SMILES string of the molecule is Cc1cc(N2CCN(C(=O)C34CC5CC(CC(Br)(C5)C3)C4)CC2)nc(C)n1. The number of rotatable bonds is 2. The normalized spacial score (nSPS) is 37.7. The summed E-state index contributed by atoms with van der Waals surface area (Å²) in [6.45, 7) is 7.31. The van der Waals surface area contributed by atoms with E-state index in [1.807, 2.05) is 13.8 Å². The molecule has 2 atom stereocenters. The van der Waals surface area contributed by atoms with Crippen LogP contribution in [0, 0.1) is 31.1 Å². The molecule has 146 valence electrons. The lowest BCUT2D eigenvalue weighted by atomic mass is 9.49. The maximum absolute atomic E-state index is 13.6. The average molecular weight is 433 g/mol. The number of aromatic nitrogens is 2. The number of piperazine rings is 1. The predicted octanol–water partition coefficient (Wildman–Crippen LogP) is 3.48. The molecule has 0 N–H and O–H groups in total. The molecule has 2 unspecified atom stereocenters. The Balaban J connectivity index is 1.29. The number of aryl methyl sites for hydroxylation is 2. The van der Waals surface area contributed by atoms with Crippen molar-refractivity contribution in [2.24, 2.45) is 17.3 Å². The van der Waals surface area contributed by atoms with Gasteiger partial charge in [-0.05, 0) is 64.2 Å². The number of carbonyl (C=O) groups excluding carboxylic acids is 1. The maximum atomic E-state index is 13.6. The lowest BCUT2D eigenvalue weighted by Crippen LogP contribution is -2.61. The Morgan fingerprint density at radius 1 is 1.07 bits per heavy atom. The van der Waals surface area contributed by atoms with Gasteiger partial charge >= 0.3 is 0 Å². The summed E-state index contributed by atoms with van der Waals surface area (Å²) in [5, 5.41) is 0. The van der Waals surface area contributed by atoms with Crippen LogP contribution < -0.4 is 4.90 Å². The zero-order chi connectivity index (χ0) is 18.8. The van der Waals surface area contributed by atoms with E-state index in [0.717, 1.165) is 74.6 Å². The molecule has 2 heterocycles. The number of alkyl halides is 1. The van der Waals surface area contributed by atoms with Gasteiger partial charge in [0.1, 0.15) is 11.6 Å². The van der Waals surface area contributed by atoms with Crippen LogP contribution in [0.4, 0.5) is 5.82 Å². The molecule has 1 aliphatic heterocycles. The number of hydrogen-bond donors (Lipinski definition) is 0. The first-order valence-electron chi connectivity index (χ1n) is 10.4. The van der Waals surface area contributed by atoms with Gasteiger partial charge in [0.05, 0.1) is 5.41 Å². The molecular weight excluding hydrogens is 404 g/mol. The molecule has 1 saturated heterocycles. The first-order valence-corrected chi connectivity index (χ1v) is 11.2. The highest BCUT2D eigenvalue weighted by Gasteiger charge is 2.60. The second-order valence-corrected chi connectivity index (χ2v) is 11.3. The fourth-order valence-electron chi connectivity index (χ4n) is 6.73. The summed E-state index contributed by atoms with van der Waals surface area (Å²) in [7, 11) is 0. The number of hydrogen-bond acceptors (Lipinski definition) is 4. The molecule has 5 nitrogen and oxygen atoms in total. The topological polar surface area (TPSA) is 49.3 Å². The van der Waals surface area contributed by atoms with Crippen molar-refractivity contribution in [1.29, 1.82) is 0 Å². The van der Waals surface area contributed by atoms with E-state index < -0.39 is 0 Å². The summed E-state index contributed by atoms with van der Waals surface area (Å²) in [6.07, 6.45) is 7.21. The van der Waals surface area contributed by atoms with Crippen molar-refractivity contribution >= 4 is 27.7 Å². The van der Waals surface area contributed by atoms with E-state index in [4.69, 9.17) is 0 Å². The highest BCUT2D eigenvalue weighted by atomic mass is 79.9. The van der Waals surface area contributed by atoms with Crippen LogP contribution in [0.3, 0.4) is 0 Å². The summed E-state index contributed by atoms with van der Waals surface area (Å²) in [6, 6.07) is 2.05. The van der Waals surface area contributed by atoms with E-state index in [-0.39, 0.29) is 9.74 Å². The minimum Gasteiger partial charge on any atom is -0.353 e. The summed E-state index contributed by atoms with van der Waals surface area (Å²) in [4.78, 5) is 27.0. The number of nitrogens with zero attached hydrogens (tertiary/aromatic N) is 4. The molecule has 5 fully saturated rings. The molecule has 0 aromatic carbocycles. The second kappa shape index (κ2) is 6.16. The molecule has 27 heavy (non-hydrogen) atoms. The van der Waals surface area contributed by atoms with E-state index in [1.165, 1.54) is 19.3 Å². The van der Waals surface area contributed by atoms with E-state index in [9.17, 15) is 4.79 Å². The molecule has 1 amide bonds. The van der Waals surface area contributed by atoms with Crippen molar-refractivity contribution in [1.82, 2.24) is 14.9 Å². The molecule has 4 aliphatic carbocycles. The molecule has 4 bridgehead atoms. The lowest BCUT2D eigenvalue weighted by molar-refractivity contribution is -0.155. The first kappa shape index (κ1) is 17.9. The minimum absolute atomic E-state index is 0.0855. The predicted molar refractivity (Wildman–Crippen MR) is 109 cm³/mol. The van der Waals surface area contributed by atoms with Gasteiger partial charge in [-0.3, -0.25) is 4.79 Å². The van der Waals surface area contributed by atoms with Crippen molar-refractivity contribution in [3.05, 3.63) is 17.6 Å². The van der Waals surface area contributed by atoms with Crippen LogP contribution >= 0.6 is 15.9 Å². The highest BCUT2D eigenvalue weighted by molar-refractivity contribution is 9.10. The zero-order valence-corrected chi connectivity index (χ0v) is 18.0. The quantitative estimate of drug-likeness (QED) is 0.671. The van der Waals surface area contributed by atoms with Crippen LogP contribution in [-0.4, -0.2) is 51.3 Å². The van der Waals surface area contributed by atoms with Crippen LogP contribution in [0.25, 0.3) is 0 Å². The van der Waals surface area contributed by atoms with Gasteiger partial charge in [-0.15, -0.1) is 0 Å². The zero-order valence-electron chi connectivity index (χ0n) is 16.4. The fourth-order valence-corrected chi connectivity index (χ4v) is 8.19. The Hall–Kier alpha value is -1.17. The van der Waals surface area contributed by atoms with Crippen LogP contribution in [0.1, 0.15) is 50.0 Å². The number of halogens is 1. The fraction of sp³-hybridized carbons (Fsp3) is 0.762. The highest BCUT2D eigenvalue weighted by Crippen LogP contribution is 2.64. The van der Waals surface area contributed by atoms with Crippen molar-refractivity contribution < 1.29 is 4.79 Å². The molecule has 4 saturated carbocycles. The number of anilines is 1. The Morgan fingerprint density at radius 2 is 1.74 bits per heavy atom. The van der Waals surface area contributed by atoms with Gasteiger partial charge in [0.2, 0.25) is 5.91 Å². The lowest BCUT2D eigenvalue weighted by Gasteiger charge is -2.60. The van der Waals surface area contributed by atoms with Gasteiger partial charge < -0.3 is 9.80 Å². The van der Waals surface area contributed by atoms with Gasteiger partial charge in [0, 0.05) is 42.3 Å². The Morgan fingerprint density at radius 3 is 2.33 bits per heavy atom. The number of carbonyl (C=O) groups is 1. The largest absolute Gasteiger partial charge is 0.353 e. The number of amides is 1. The van der Waals surface area contributed by atoms with E-state index in [0.29, 0.717) is 5.91 Å². The van der Waals surface area contributed by atoms with Gasteiger partial charge in [-0.2, -0.15) is 0 Å². The third kappa shape index (κ3) is 3.08. The van der Waals surface area contributed by atoms with E-state index >= 15 is 0 Å². The Kier molecular flexibility index (Phi) is 4.09. The third-order valence-corrected chi connectivity index (χ3v) is 8.21. The van der Waals surface area contributed by atoms with Crippen LogP contribution in [0.2, 0.25) is 0 Å². The van der Waals surface area contributed by atoms with Gasteiger partial charge in [0.15, 0.2) is 0 Å². The van der Waals surface area contributed by atoms with Crippen molar-refractivity contribution in [3.63, 3.8) is 0 Å². The van der Waals surface area contributed by atoms with Crippen molar-refractivity contribution in [3.8, 4) is 0 Å². The van der Waals surface area contributed by atoms with Crippen molar-refractivity contribution in [2.75, 3.05) is 31.1 Å². The van der Waals surface area contributed by atoms with Crippen molar-refractivity contribution in [2.45, 2.75) is 56.7 Å². The summed E-state index contributed by atoms with van der Waals surface area (Å²) >= 11 is 4.05. The van der Waals surface area contributed by atoms with E-state index in [1.54, 1.807) is 0 Å². The first-order chi connectivity index (χ1) is 12.8. The maximum Gasteiger partial charge on any atom is 0.228 e. The molecule has 6 heteroatoms. The van der Waals surface area contributed by atoms with Crippen LogP contribution in [0.15, 0.2) is 6.07 Å². The van der Waals surface area contributed by atoms with Crippen LogP contribution in [0.5, 0.6) is 0 Å². The summed E-state index contributed by atoms with van der Waals surface area (Å²) in [5.74, 6) is 3.77. The molecule has 6 rings (SSSR count). The molecular formula is C21H29BrN4O. The van der Waals surface area contributed by atoms with Gasteiger partial charge in [-0.25, -0.2) is 9.97 Å². The third-order valence-electron chi connectivity index (χ3n) is 7.29. The molecule has 0 spiro atoms. The second-order valence-electron chi connectivity index (χ2n) is 9.59. The Labute approximate surface area is 170 Å². The minimum atomic E-state index is -0.0855.